The van der Waals surface area contributed by atoms with E-state index in [1.54, 1.807) is 0 Å². The van der Waals surface area contributed by atoms with E-state index < -0.39 is 0 Å². The third kappa shape index (κ3) is 3.58. The second-order valence-electron chi connectivity index (χ2n) is 4.66. The van der Waals surface area contributed by atoms with Gasteiger partial charge in [0.05, 0.1) is 19.3 Å². The van der Waals surface area contributed by atoms with Crippen LogP contribution in [0.5, 0.6) is 11.5 Å². The van der Waals surface area contributed by atoms with E-state index in [-0.39, 0.29) is 6.04 Å². The van der Waals surface area contributed by atoms with Crippen LogP contribution in [0.25, 0.3) is 0 Å². The van der Waals surface area contributed by atoms with Gasteiger partial charge in [-0.25, -0.2) is 0 Å². The first-order chi connectivity index (χ1) is 10.8. The van der Waals surface area contributed by atoms with Gasteiger partial charge in [-0.15, -0.1) is 0 Å². The monoisotopic (exact) mass is 299 g/mol. The maximum atomic E-state index is 11.1. The molecule has 0 radical (unpaired) electrons. The van der Waals surface area contributed by atoms with Crippen LogP contribution in [-0.2, 0) is 4.79 Å². The lowest BCUT2D eigenvalue weighted by Gasteiger charge is -2.22. The first kappa shape index (κ1) is 15.9. The standard InChI is InChI=1S/C18H21NO3/c1-3-21-16-11-7-5-9-14(16)18(19-13-20)15-10-6-8-12-17(15)22-4-2/h5-13,18H,3-4H2,1-2H3,(H,19,20). The van der Waals surface area contributed by atoms with Gasteiger partial charge in [0.25, 0.3) is 0 Å². The number of carbonyl (C=O) groups is 1. The van der Waals surface area contributed by atoms with Crippen LogP contribution >= 0.6 is 0 Å². The molecular weight excluding hydrogens is 278 g/mol. The average molecular weight is 299 g/mol. The van der Waals surface area contributed by atoms with Crippen LogP contribution in [0, 0.1) is 0 Å². The fraction of sp³-hybridized carbons (Fsp3) is 0.278. The molecule has 4 nitrogen and oxygen atoms in total. The number of ether oxygens (including phenoxy) is 2. The van der Waals surface area contributed by atoms with Crippen LogP contribution in [0.1, 0.15) is 31.0 Å². The van der Waals surface area contributed by atoms with Crippen molar-refractivity contribution in [3.05, 3.63) is 59.7 Å². The zero-order valence-corrected chi connectivity index (χ0v) is 12.9. The summed E-state index contributed by atoms with van der Waals surface area (Å²) in [4.78, 5) is 11.1. The van der Waals surface area contributed by atoms with Crippen molar-refractivity contribution in [1.82, 2.24) is 5.32 Å². The highest BCUT2D eigenvalue weighted by Crippen LogP contribution is 2.34. The van der Waals surface area contributed by atoms with Gasteiger partial charge in [-0.1, -0.05) is 36.4 Å². The van der Waals surface area contributed by atoms with E-state index in [9.17, 15) is 4.79 Å². The van der Waals surface area contributed by atoms with Gasteiger partial charge in [0, 0.05) is 11.1 Å². The topological polar surface area (TPSA) is 47.6 Å². The predicted molar refractivity (Wildman–Crippen MR) is 86.3 cm³/mol. The van der Waals surface area contributed by atoms with Crippen molar-refractivity contribution in [2.24, 2.45) is 0 Å². The normalized spacial score (nSPS) is 10.3. The zero-order chi connectivity index (χ0) is 15.8. The molecule has 0 saturated carbocycles. The van der Waals surface area contributed by atoms with Crippen molar-refractivity contribution in [3.63, 3.8) is 0 Å². The smallest absolute Gasteiger partial charge is 0.207 e. The lowest BCUT2D eigenvalue weighted by molar-refractivity contribution is -0.110. The number of hydrogen-bond acceptors (Lipinski definition) is 3. The number of rotatable bonds is 8. The first-order valence-electron chi connectivity index (χ1n) is 7.44. The molecule has 0 heterocycles. The summed E-state index contributed by atoms with van der Waals surface area (Å²) in [6.45, 7) is 5.01. The maximum absolute atomic E-state index is 11.1. The molecule has 0 aromatic heterocycles. The van der Waals surface area contributed by atoms with Crippen LogP contribution in [0.15, 0.2) is 48.5 Å². The average Bonchev–Trinajstić information content (AvgIpc) is 2.55. The van der Waals surface area contributed by atoms with E-state index in [0.717, 1.165) is 22.6 Å². The fourth-order valence-corrected chi connectivity index (χ4v) is 2.43. The highest BCUT2D eigenvalue weighted by molar-refractivity contribution is 5.54. The minimum absolute atomic E-state index is 0.317. The molecule has 22 heavy (non-hydrogen) atoms. The Kier molecular flexibility index (Phi) is 5.83. The van der Waals surface area contributed by atoms with Crippen LogP contribution in [-0.4, -0.2) is 19.6 Å². The Hall–Kier alpha value is -2.49. The van der Waals surface area contributed by atoms with Crippen LogP contribution in [0.2, 0.25) is 0 Å². The van der Waals surface area contributed by atoms with Crippen LogP contribution in [0.4, 0.5) is 0 Å². The summed E-state index contributed by atoms with van der Waals surface area (Å²) < 4.78 is 11.4. The third-order valence-corrected chi connectivity index (χ3v) is 3.29. The summed E-state index contributed by atoms with van der Waals surface area (Å²) in [5.74, 6) is 1.52. The molecule has 0 atom stereocenters. The number of hydrogen-bond donors (Lipinski definition) is 1. The first-order valence-corrected chi connectivity index (χ1v) is 7.44. The number of carbonyl (C=O) groups excluding carboxylic acids is 1. The number of nitrogens with one attached hydrogen (secondary N) is 1. The number of para-hydroxylation sites is 2. The van der Waals surface area contributed by atoms with E-state index in [0.29, 0.717) is 19.6 Å². The molecule has 0 unspecified atom stereocenters. The second-order valence-corrected chi connectivity index (χ2v) is 4.66. The van der Waals surface area contributed by atoms with Crippen molar-refractivity contribution in [3.8, 4) is 11.5 Å². The zero-order valence-electron chi connectivity index (χ0n) is 12.9. The molecule has 1 amide bonds. The van der Waals surface area contributed by atoms with E-state index in [2.05, 4.69) is 5.32 Å². The molecule has 116 valence electrons. The Morgan fingerprint density at radius 2 is 1.36 bits per heavy atom. The molecule has 0 fully saturated rings. The molecule has 4 heteroatoms. The van der Waals surface area contributed by atoms with Crippen LogP contribution in [0.3, 0.4) is 0 Å². The molecular formula is C18H21NO3. The van der Waals surface area contributed by atoms with Gasteiger partial charge in [-0.2, -0.15) is 0 Å². The predicted octanol–water partition coefficient (Wildman–Crippen LogP) is 3.32. The maximum Gasteiger partial charge on any atom is 0.207 e. The van der Waals surface area contributed by atoms with Crippen molar-refractivity contribution < 1.29 is 14.3 Å². The highest BCUT2D eigenvalue weighted by Gasteiger charge is 2.20. The Morgan fingerprint density at radius 1 is 0.909 bits per heavy atom. The summed E-state index contributed by atoms with van der Waals surface area (Å²) >= 11 is 0. The van der Waals surface area contributed by atoms with Crippen molar-refractivity contribution in [2.75, 3.05) is 13.2 Å². The Balaban J connectivity index is 2.49. The second kappa shape index (κ2) is 8.08. The fourth-order valence-electron chi connectivity index (χ4n) is 2.43. The van der Waals surface area contributed by atoms with Gasteiger partial charge in [0.15, 0.2) is 0 Å². The molecule has 0 aliphatic carbocycles. The molecule has 0 spiro atoms. The molecule has 2 aromatic rings. The number of amides is 1. The molecule has 2 aromatic carbocycles. The summed E-state index contributed by atoms with van der Waals surface area (Å²) in [6, 6.07) is 15.1. The lowest BCUT2D eigenvalue weighted by atomic mass is 9.97. The van der Waals surface area contributed by atoms with E-state index in [1.165, 1.54) is 0 Å². The lowest BCUT2D eigenvalue weighted by Crippen LogP contribution is -2.22. The minimum Gasteiger partial charge on any atom is -0.494 e. The quantitative estimate of drug-likeness (QED) is 0.761. The van der Waals surface area contributed by atoms with Crippen molar-refractivity contribution in [1.29, 1.82) is 0 Å². The molecule has 2 rings (SSSR count). The van der Waals surface area contributed by atoms with Gasteiger partial charge in [0.2, 0.25) is 6.41 Å². The van der Waals surface area contributed by atoms with Crippen molar-refractivity contribution in [2.45, 2.75) is 19.9 Å². The number of benzene rings is 2. The van der Waals surface area contributed by atoms with Gasteiger partial charge in [-0.05, 0) is 26.0 Å². The highest BCUT2D eigenvalue weighted by atomic mass is 16.5. The van der Waals surface area contributed by atoms with Gasteiger partial charge in [0.1, 0.15) is 11.5 Å². The molecule has 1 N–H and O–H groups in total. The molecule has 0 aliphatic rings. The minimum atomic E-state index is -0.317. The summed E-state index contributed by atoms with van der Waals surface area (Å²) in [5, 5.41) is 2.87. The molecule has 0 aliphatic heterocycles. The Bertz CT molecular complexity index is 563. The van der Waals surface area contributed by atoms with Gasteiger partial charge in [-0.3, -0.25) is 4.79 Å². The molecule has 0 saturated heterocycles. The summed E-state index contributed by atoms with van der Waals surface area (Å²) in [6.07, 6.45) is 0.704. The SMILES string of the molecule is CCOc1ccccc1C(NC=O)c1ccccc1OCC. The van der Waals surface area contributed by atoms with Gasteiger partial charge < -0.3 is 14.8 Å². The Labute approximate surface area is 131 Å². The largest absolute Gasteiger partial charge is 0.494 e. The summed E-state index contributed by atoms with van der Waals surface area (Å²) in [7, 11) is 0. The van der Waals surface area contributed by atoms with Crippen molar-refractivity contribution >= 4 is 6.41 Å². The van der Waals surface area contributed by atoms with E-state index in [1.807, 2.05) is 62.4 Å². The van der Waals surface area contributed by atoms with Crippen LogP contribution < -0.4 is 14.8 Å². The third-order valence-electron chi connectivity index (χ3n) is 3.29. The molecule has 0 bridgehead atoms. The Morgan fingerprint density at radius 3 is 1.77 bits per heavy atom. The van der Waals surface area contributed by atoms with E-state index >= 15 is 0 Å². The van der Waals surface area contributed by atoms with E-state index in [4.69, 9.17) is 9.47 Å². The summed E-state index contributed by atoms with van der Waals surface area (Å²) in [5.41, 5.74) is 1.81. The van der Waals surface area contributed by atoms with Gasteiger partial charge >= 0.3 is 0 Å².